The smallest absolute Gasteiger partial charge is 0.189 e. The molecule has 0 saturated carbocycles. The number of hydrogen-bond donors (Lipinski definition) is 1. The summed E-state index contributed by atoms with van der Waals surface area (Å²) in [7, 11) is 0. The van der Waals surface area contributed by atoms with Crippen molar-refractivity contribution in [3.05, 3.63) is 41.4 Å². The molecule has 0 aliphatic rings. The van der Waals surface area contributed by atoms with Crippen LogP contribution in [0.2, 0.25) is 0 Å². The number of nitrogens with zero attached hydrogens (tertiary/aromatic N) is 4. The van der Waals surface area contributed by atoms with E-state index in [2.05, 4.69) is 15.4 Å². The maximum atomic E-state index is 13.1. The maximum absolute atomic E-state index is 13.1. The van der Waals surface area contributed by atoms with Crippen molar-refractivity contribution in [3.63, 3.8) is 0 Å². The van der Waals surface area contributed by atoms with Crippen molar-refractivity contribution < 1.29 is 18.3 Å². The van der Waals surface area contributed by atoms with Gasteiger partial charge in [0.05, 0.1) is 12.4 Å². The van der Waals surface area contributed by atoms with E-state index in [1.54, 1.807) is 0 Å². The molecule has 0 aliphatic carbocycles. The van der Waals surface area contributed by atoms with Crippen molar-refractivity contribution in [2.75, 3.05) is 0 Å². The van der Waals surface area contributed by atoms with Gasteiger partial charge in [-0.15, -0.1) is 21.8 Å². The normalized spacial score (nSPS) is 13.0. The summed E-state index contributed by atoms with van der Waals surface area (Å²) >= 11 is 5.55. The second-order valence-electron chi connectivity index (χ2n) is 4.36. The van der Waals surface area contributed by atoms with Crippen LogP contribution >= 0.6 is 11.6 Å². The number of alkyl halides is 1. The summed E-state index contributed by atoms with van der Waals surface area (Å²) in [6.45, 7) is -0.0192. The first-order valence-corrected chi connectivity index (χ1v) is 6.49. The van der Waals surface area contributed by atoms with E-state index in [-0.39, 0.29) is 23.8 Å². The average Bonchev–Trinajstić information content (AvgIpc) is 3.06. The lowest BCUT2D eigenvalue weighted by atomic mass is 10.2. The summed E-state index contributed by atoms with van der Waals surface area (Å²) in [6.07, 6.45) is -1.08. The van der Waals surface area contributed by atoms with Crippen LogP contribution in [0.1, 0.15) is 17.7 Å². The van der Waals surface area contributed by atoms with Gasteiger partial charge in [0, 0.05) is 11.5 Å². The molecule has 2 heterocycles. The van der Waals surface area contributed by atoms with E-state index < -0.39 is 17.7 Å². The standard InChI is InChI=1S/C12H9ClF2N4O2/c13-4-12-16-18-19(17-12)5-9(20)11-2-6-1-7(14)8(15)3-10(6)21-11/h1-3,9,20H,4-5H2/t9-/m0/s1. The third-order valence-electron chi connectivity index (χ3n) is 2.86. The molecule has 2 aromatic heterocycles. The van der Waals surface area contributed by atoms with Gasteiger partial charge in [-0.25, -0.2) is 8.78 Å². The van der Waals surface area contributed by atoms with E-state index >= 15 is 0 Å². The van der Waals surface area contributed by atoms with Crippen LogP contribution in [0.15, 0.2) is 22.6 Å². The predicted molar refractivity (Wildman–Crippen MR) is 68.5 cm³/mol. The quantitative estimate of drug-likeness (QED) is 0.747. The topological polar surface area (TPSA) is 77.0 Å². The molecule has 0 unspecified atom stereocenters. The van der Waals surface area contributed by atoms with Crippen LogP contribution < -0.4 is 0 Å². The highest BCUT2D eigenvalue weighted by atomic mass is 35.5. The molecule has 3 rings (SSSR count). The summed E-state index contributed by atoms with van der Waals surface area (Å²) < 4.78 is 31.5. The van der Waals surface area contributed by atoms with Gasteiger partial charge in [0.2, 0.25) is 0 Å². The lowest BCUT2D eigenvalue weighted by molar-refractivity contribution is 0.122. The lowest BCUT2D eigenvalue weighted by Gasteiger charge is -2.05. The third kappa shape index (κ3) is 2.72. The molecule has 0 aliphatic heterocycles. The van der Waals surface area contributed by atoms with E-state index in [9.17, 15) is 13.9 Å². The Balaban J connectivity index is 1.85. The van der Waals surface area contributed by atoms with Gasteiger partial charge in [-0.1, -0.05) is 0 Å². The first-order valence-electron chi connectivity index (χ1n) is 5.96. The molecule has 21 heavy (non-hydrogen) atoms. The van der Waals surface area contributed by atoms with Crippen LogP contribution in [0.4, 0.5) is 8.78 Å². The van der Waals surface area contributed by atoms with Crippen molar-refractivity contribution >= 4 is 22.6 Å². The highest BCUT2D eigenvalue weighted by Gasteiger charge is 2.17. The molecule has 0 radical (unpaired) electrons. The third-order valence-corrected chi connectivity index (χ3v) is 3.10. The van der Waals surface area contributed by atoms with Crippen LogP contribution in [0.25, 0.3) is 11.0 Å². The van der Waals surface area contributed by atoms with Gasteiger partial charge < -0.3 is 9.52 Å². The number of furan rings is 1. The fourth-order valence-electron chi connectivity index (χ4n) is 1.87. The summed E-state index contributed by atoms with van der Waals surface area (Å²) in [6, 6.07) is 3.37. The minimum absolute atomic E-state index is 0.0192. The SMILES string of the molecule is O[C@@H](Cn1nnc(CCl)n1)c1cc2cc(F)c(F)cc2o1. The summed E-state index contributed by atoms with van der Waals surface area (Å²) in [4.78, 5) is 1.16. The monoisotopic (exact) mass is 314 g/mol. The van der Waals surface area contributed by atoms with Crippen LogP contribution in [-0.4, -0.2) is 25.3 Å². The van der Waals surface area contributed by atoms with Crippen molar-refractivity contribution in [2.45, 2.75) is 18.5 Å². The number of rotatable bonds is 4. The largest absolute Gasteiger partial charge is 0.458 e. The highest BCUT2D eigenvalue weighted by Crippen LogP contribution is 2.26. The first-order chi connectivity index (χ1) is 10.1. The number of aromatic nitrogens is 4. The van der Waals surface area contributed by atoms with Crippen molar-refractivity contribution in [2.24, 2.45) is 0 Å². The molecule has 1 atom stereocenters. The Morgan fingerprint density at radius 3 is 2.76 bits per heavy atom. The number of tetrazole rings is 1. The molecule has 1 aromatic carbocycles. The molecule has 0 bridgehead atoms. The van der Waals surface area contributed by atoms with Gasteiger partial charge in [0.25, 0.3) is 0 Å². The molecule has 3 aromatic rings. The van der Waals surface area contributed by atoms with Crippen LogP contribution in [0, 0.1) is 11.6 Å². The van der Waals surface area contributed by atoms with E-state index in [4.69, 9.17) is 16.0 Å². The predicted octanol–water partition coefficient (Wildman–Crippen LogP) is 2.17. The van der Waals surface area contributed by atoms with E-state index in [1.165, 1.54) is 6.07 Å². The molecule has 0 amide bonds. The number of halogens is 3. The van der Waals surface area contributed by atoms with Crippen LogP contribution in [0.5, 0.6) is 0 Å². The Bertz CT molecular complexity index is 750. The highest BCUT2D eigenvalue weighted by molar-refractivity contribution is 6.16. The Morgan fingerprint density at radius 1 is 1.29 bits per heavy atom. The fourth-order valence-corrected chi connectivity index (χ4v) is 1.98. The molecule has 0 spiro atoms. The first kappa shape index (κ1) is 13.9. The minimum atomic E-state index is -1.08. The molecule has 0 saturated heterocycles. The number of benzene rings is 1. The number of fused-ring (bicyclic) bond motifs is 1. The van der Waals surface area contributed by atoms with E-state index in [0.29, 0.717) is 11.2 Å². The lowest BCUT2D eigenvalue weighted by Crippen LogP contribution is -2.11. The number of hydrogen-bond acceptors (Lipinski definition) is 5. The average molecular weight is 315 g/mol. The Morgan fingerprint density at radius 2 is 2.05 bits per heavy atom. The second-order valence-corrected chi connectivity index (χ2v) is 4.63. The molecular formula is C12H9ClF2N4O2. The fraction of sp³-hybridized carbons (Fsp3) is 0.250. The minimum Gasteiger partial charge on any atom is -0.458 e. The Kier molecular flexibility index (Phi) is 3.56. The Hall–Kier alpha value is -2.06. The summed E-state index contributed by atoms with van der Waals surface area (Å²) in [5, 5.41) is 21.7. The van der Waals surface area contributed by atoms with Crippen molar-refractivity contribution in [3.8, 4) is 0 Å². The van der Waals surface area contributed by atoms with Crippen LogP contribution in [-0.2, 0) is 12.4 Å². The van der Waals surface area contributed by atoms with Gasteiger partial charge in [-0.2, -0.15) is 4.80 Å². The molecule has 1 N–H and O–H groups in total. The zero-order valence-corrected chi connectivity index (χ0v) is 11.3. The van der Waals surface area contributed by atoms with Gasteiger partial charge in [0.1, 0.15) is 17.4 Å². The molecule has 0 fully saturated rings. The zero-order valence-electron chi connectivity index (χ0n) is 10.5. The van der Waals surface area contributed by atoms with Gasteiger partial charge >= 0.3 is 0 Å². The van der Waals surface area contributed by atoms with Crippen molar-refractivity contribution in [1.82, 2.24) is 20.2 Å². The maximum Gasteiger partial charge on any atom is 0.189 e. The summed E-state index contributed by atoms with van der Waals surface area (Å²) in [5.74, 6) is -1.40. The molecular weight excluding hydrogens is 306 g/mol. The molecule has 6 nitrogen and oxygen atoms in total. The Labute approximate surface area is 121 Å². The summed E-state index contributed by atoms with van der Waals surface area (Å²) in [5.41, 5.74) is 0.149. The molecule has 9 heteroatoms. The van der Waals surface area contributed by atoms with Gasteiger partial charge in [-0.3, -0.25) is 0 Å². The van der Waals surface area contributed by atoms with Crippen LogP contribution in [0.3, 0.4) is 0 Å². The van der Waals surface area contributed by atoms with E-state index in [1.807, 2.05) is 0 Å². The molecule has 110 valence electrons. The van der Waals surface area contributed by atoms with E-state index in [0.717, 1.165) is 16.9 Å². The number of aliphatic hydroxyl groups excluding tert-OH is 1. The van der Waals surface area contributed by atoms with Crippen molar-refractivity contribution in [1.29, 1.82) is 0 Å². The van der Waals surface area contributed by atoms with Gasteiger partial charge in [-0.05, 0) is 17.3 Å². The van der Waals surface area contributed by atoms with Gasteiger partial charge in [0.15, 0.2) is 17.5 Å². The zero-order chi connectivity index (χ0) is 15.0. The number of aliphatic hydroxyl groups is 1. The second kappa shape index (κ2) is 5.38.